The highest BCUT2D eigenvalue weighted by Gasteiger charge is 2.19. The zero-order valence-corrected chi connectivity index (χ0v) is 18.3. The van der Waals surface area contributed by atoms with Crippen LogP contribution in [0.1, 0.15) is 34.6 Å². The summed E-state index contributed by atoms with van der Waals surface area (Å²) in [5, 5.41) is 3.81. The second kappa shape index (κ2) is 8.11. The van der Waals surface area contributed by atoms with Crippen LogP contribution >= 0.6 is 38.9 Å². The van der Waals surface area contributed by atoms with E-state index in [0.717, 1.165) is 25.1 Å². The Morgan fingerprint density at radius 3 is 2.68 bits per heavy atom. The van der Waals surface area contributed by atoms with E-state index in [0.29, 0.717) is 17.3 Å². The van der Waals surface area contributed by atoms with Gasteiger partial charge in [-0.25, -0.2) is 0 Å². The number of benzene rings is 2. The van der Waals surface area contributed by atoms with Gasteiger partial charge in [-0.3, -0.25) is 4.79 Å². The molecule has 2 heterocycles. The number of aromatic nitrogens is 1. The van der Waals surface area contributed by atoms with Crippen molar-refractivity contribution in [1.82, 2.24) is 9.88 Å². The molecule has 0 aliphatic heterocycles. The molecule has 6 heteroatoms. The first-order valence-electron chi connectivity index (χ1n) is 8.90. The molecule has 142 valence electrons. The Labute approximate surface area is 181 Å². The smallest absolute Gasteiger partial charge is 0.268 e. The van der Waals surface area contributed by atoms with E-state index in [1.165, 1.54) is 0 Å². The average molecular weight is 474 g/mol. The maximum absolute atomic E-state index is 13.1. The summed E-state index contributed by atoms with van der Waals surface area (Å²) >= 11 is 11.3. The summed E-state index contributed by atoms with van der Waals surface area (Å²) in [6.07, 6.45) is 0. The summed E-state index contributed by atoms with van der Waals surface area (Å²) in [5.41, 5.74) is 3.82. The van der Waals surface area contributed by atoms with E-state index in [9.17, 15) is 4.79 Å². The maximum Gasteiger partial charge on any atom is 0.268 e. The van der Waals surface area contributed by atoms with E-state index >= 15 is 0 Å². The summed E-state index contributed by atoms with van der Waals surface area (Å²) in [5.74, 6) is -0.0853. The molecule has 1 atom stereocenters. The minimum Gasteiger partial charge on any atom is -0.344 e. The van der Waals surface area contributed by atoms with Crippen LogP contribution in [0.4, 0.5) is 0 Å². The van der Waals surface area contributed by atoms with Crippen molar-refractivity contribution < 1.29 is 4.79 Å². The molecule has 0 saturated heterocycles. The fourth-order valence-electron chi connectivity index (χ4n) is 3.28. The third-order valence-corrected chi connectivity index (χ3v) is 6.48. The lowest BCUT2D eigenvalue weighted by Gasteiger charge is -2.16. The normalized spacial score (nSPS) is 12.2. The number of carbonyl (C=O) groups excluding carboxylic acids is 1. The molecule has 2 aromatic carbocycles. The molecule has 0 bridgehead atoms. The Morgan fingerprint density at radius 1 is 1.14 bits per heavy atom. The van der Waals surface area contributed by atoms with Gasteiger partial charge in [0.25, 0.3) is 5.91 Å². The van der Waals surface area contributed by atoms with Crippen LogP contribution in [0.15, 0.2) is 70.5 Å². The Bertz CT molecular complexity index is 1140. The Hall–Kier alpha value is -2.08. The molecular weight excluding hydrogens is 456 g/mol. The summed E-state index contributed by atoms with van der Waals surface area (Å²) in [6.45, 7) is 2.58. The van der Waals surface area contributed by atoms with Crippen LogP contribution in [0.5, 0.6) is 0 Å². The number of carbonyl (C=O) groups is 1. The molecule has 28 heavy (non-hydrogen) atoms. The lowest BCUT2D eigenvalue weighted by Crippen LogP contribution is -2.28. The highest BCUT2D eigenvalue weighted by Crippen LogP contribution is 2.33. The average Bonchev–Trinajstić information content (AvgIpc) is 3.19. The van der Waals surface area contributed by atoms with Crippen molar-refractivity contribution in [2.45, 2.75) is 19.5 Å². The monoisotopic (exact) mass is 472 g/mol. The number of hydrogen-bond acceptors (Lipinski definition) is 2. The second-order valence-corrected chi connectivity index (χ2v) is 9.55. The number of thiophene rings is 1. The van der Waals surface area contributed by atoms with Crippen molar-refractivity contribution in [3.63, 3.8) is 0 Å². The van der Waals surface area contributed by atoms with Gasteiger partial charge in [-0.2, -0.15) is 0 Å². The van der Waals surface area contributed by atoms with E-state index < -0.39 is 0 Å². The van der Waals surface area contributed by atoms with Gasteiger partial charge in [-0.15, -0.1) is 11.3 Å². The predicted octanol–water partition coefficient (Wildman–Crippen LogP) is 6.66. The van der Waals surface area contributed by atoms with Gasteiger partial charge >= 0.3 is 0 Å². The first-order valence-corrected chi connectivity index (χ1v) is 10.9. The van der Waals surface area contributed by atoms with E-state index in [2.05, 4.69) is 31.9 Å². The minimum atomic E-state index is -0.0853. The molecule has 4 aromatic rings. The van der Waals surface area contributed by atoms with Gasteiger partial charge in [-0.05, 0) is 58.2 Å². The standard InChI is InChI=1S/C22H18BrClN2OS/c1-14(16-7-3-2-4-8-16)25-22(27)19-11-20-18(12-21(23)28-20)26(19)13-15-6-5-9-17(24)10-15/h2-12,14H,13H2,1H3,(H,25,27)/t14-/m0/s1. The Balaban J connectivity index is 1.68. The van der Waals surface area contributed by atoms with E-state index in [4.69, 9.17) is 11.6 Å². The molecule has 3 nitrogen and oxygen atoms in total. The number of nitrogens with zero attached hydrogens (tertiary/aromatic N) is 1. The highest BCUT2D eigenvalue weighted by atomic mass is 79.9. The van der Waals surface area contributed by atoms with Crippen LogP contribution in [0, 0.1) is 0 Å². The Morgan fingerprint density at radius 2 is 1.93 bits per heavy atom. The van der Waals surface area contributed by atoms with Crippen molar-refractivity contribution in [2.75, 3.05) is 0 Å². The SMILES string of the molecule is C[C@H](NC(=O)c1cc2sc(Br)cc2n1Cc1cccc(Cl)c1)c1ccccc1. The fraction of sp³-hybridized carbons (Fsp3) is 0.136. The molecule has 0 saturated carbocycles. The highest BCUT2D eigenvalue weighted by molar-refractivity contribution is 9.11. The zero-order chi connectivity index (χ0) is 19.7. The number of nitrogens with one attached hydrogen (secondary N) is 1. The molecule has 2 aromatic heterocycles. The lowest BCUT2D eigenvalue weighted by atomic mass is 10.1. The van der Waals surface area contributed by atoms with Gasteiger partial charge in [0.2, 0.25) is 0 Å². The zero-order valence-electron chi connectivity index (χ0n) is 15.2. The van der Waals surface area contributed by atoms with Crippen molar-refractivity contribution >= 4 is 55.0 Å². The topological polar surface area (TPSA) is 34.0 Å². The molecule has 0 aliphatic carbocycles. The first-order chi connectivity index (χ1) is 13.5. The van der Waals surface area contributed by atoms with Gasteiger partial charge in [0.05, 0.1) is 20.0 Å². The van der Waals surface area contributed by atoms with Gasteiger partial charge in [0, 0.05) is 11.6 Å². The van der Waals surface area contributed by atoms with Crippen molar-refractivity contribution in [3.05, 3.63) is 92.4 Å². The van der Waals surface area contributed by atoms with Crippen molar-refractivity contribution in [2.24, 2.45) is 0 Å². The van der Waals surface area contributed by atoms with Crippen LogP contribution in [-0.2, 0) is 6.54 Å². The predicted molar refractivity (Wildman–Crippen MR) is 120 cm³/mol. The summed E-state index contributed by atoms with van der Waals surface area (Å²) in [4.78, 5) is 13.1. The number of amides is 1. The second-order valence-electron chi connectivity index (χ2n) is 6.65. The number of fused-ring (bicyclic) bond motifs is 1. The number of hydrogen-bond donors (Lipinski definition) is 1. The number of halogens is 2. The molecule has 0 spiro atoms. The lowest BCUT2D eigenvalue weighted by molar-refractivity contribution is 0.0931. The van der Waals surface area contributed by atoms with E-state index in [1.807, 2.05) is 67.6 Å². The van der Waals surface area contributed by atoms with Crippen molar-refractivity contribution in [1.29, 1.82) is 0 Å². The van der Waals surface area contributed by atoms with Crippen molar-refractivity contribution in [3.8, 4) is 0 Å². The number of rotatable bonds is 5. The fourth-order valence-corrected chi connectivity index (χ4v) is 5.06. The van der Waals surface area contributed by atoms with Crippen LogP contribution in [0.25, 0.3) is 10.2 Å². The first kappa shape index (κ1) is 19.2. The third kappa shape index (κ3) is 4.02. The van der Waals surface area contributed by atoms with Crippen LogP contribution in [0.2, 0.25) is 5.02 Å². The summed E-state index contributed by atoms with van der Waals surface area (Å²) < 4.78 is 4.17. The molecule has 4 rings (SSSR count). The minimum absolute atomic E-state index is 0.0759. The molecule has 0 fully saturated rings. The molecule has 0 unspecified atom stereocenters. The summed E-state index contributed by atoms with van der Waals surface area (Å²) in [6, 6.07) is 21.7. The van der Waals surface area contributed by atoms with Gasteiger partial charge in [0.1, 0.15) is 5.69 Å². The molecule has 1 amide bonds. The molecule has 0 aliphatic rings. The summed E-state index contributed by atoms with van der Waals surface area (Å²) in [7, 11) is 0. The molecule has 0 radical (unpaired) electrons. The third-order valence-electron chi connectivity index (χ3n) is 4.67. The van der Waals surface area contributed by atoms with E-state index in [-0.39, 0.29) is 11.9 Å². The maximum atomic E-state index is 13.1. The van der Waals surface area contributed by atoms with Crippen LogP contribution < -0.4 is 5.32 Å². The van der Waals surface area contributed by atoms with Gasteiger partial charge < -0.3 is 9.88 Å². The molecule has 1 N–H and O–H groups in total. The molecular formula is C22H18BrClN2OS. The quantitative estimate of drug-likeness (QED) is 0.345. The largest absolute Gasteiger partial charge is 0.344 e. The van der Waals surface area contributed by atoms with E-state index in [1.54, 1.807) is 11.3 Å². The van der Waals surface area contributed by atoms with Crippen LogP contribution in [-0.4, -0.2) is 10.5 Å². The van der Waals surface area contributed by atoms with Gasteiger partial charge in [-0.1, -0.05) is 54.1 Å². The van der Waals surface area contributed by atoms with Gasteiger partial charge in [0.15, 0.2) is 0 Å². The Kier molecular flexibility index (Phi) is 5.58. The van der Waals surface area contributed by atoms with Crippen LogP contribution in [0.3, 0.4) is 0 Å².